The fourth-order valence-corrected chi connectivity index (χ4v) is 133. The minimum absolute atomic E-state index is 0.581. The van der Waals surface area contributed by atoms with Crippen LogP contribution in [0.2, 0.25) is 38.5 Å². The Morgan fingerprint density at radius 1 is 0.647 bits per heavy atom. The Hall–Kier alpha value is 2.54. The van der Waals surface area contributed by atoms with E-state index in [0.717, 1.165) is 19.3 Å². The van der Waals surface area contributed by atoms with Crippen molar-refractivity contribution in [3.05, 3.63) is 0 Å². The molecular weight excluding hydrogens is 380 g/mol. The van der Waals surface area contributed by atoms with E-state index in [0.29, 0.717) is 8.11 Å². The van der Waals surface area contributed by atoms with Crippen molar-refractivity contribution in [3.8, 4) is 0 Å². The van der Waals surface area contributed by atoms with Crippen LogP contribution in [0.5, 0.6) is 0 Å². The molecule has 0 N–H and O–H groups in total. The first-order valence-corrected chi connectivity index (χ1v) is 18.8. The molecule has 10 fully saturated rings. The van der Waals surface area contributed by atoms with Gasteiger partial charge in [0.15, 0.2) is 0 Å². The van der Waals surface area contributed by atoms with Crippen LogP contribution in [0.3, 0.4) is 0 Å². The summed E-state index contributed by atoms with van der Waals surface area (Å²) in [7, 11) is 0. The molecule has 94 valence electrons. The summed E-state index contributed by atoms with van der Waals surface area (Å²) >= 11 is 26.6. The Morgan fingerprint density at radius 3 is 1.06 bits per heavy atom. The molecule has 10 heterocycles. The van der Waals surface area contributed by atoms with E-state index in [9.17, 15) is 0 Å². The van der Waals surface area contributed by atoms with Crippen molar-refractivity contribution in [3.63, 3.8) is 0 Å². The molecule has 0 aromatic carbocycles. The molecule has 0 aromatic rings. The summed E-state index contributed by atoms with van der Waals surface area (Å²) in [5, 5.41) is 0. The van der Waals surface area contributed by atoms with Gasteiger partial charge in [0.2, 0.25) is 0 Å². The van der Waals surface area contributed by atoms with Crippen molar-refractivity contribution >= 4 is 58.2 Å². The molecule has 10 aliphatic rings. The fourth-order valence-electron chi connectivity index (χ4n) is 17.2. The first-order valence-electron chi connectivity index (χ1n) is 6.26. The number of hydrogen-bond acceptors (Lipinski definition) is 0. The average molecular weight is 388 g/mol. The molecule has 0 saturated carbocycles. The number of rotatable bonds is 2. The van der Waals surface area contributed by atoms with Gasteiger partial charge in [-0.05, 0) is 0 Å². The number of fused-ring (bicyclic) bond motifs is 10. The zero-order chi connectivity index (χ0) is 11.1. The van der Waals surface area contributed by atoms with Crippen LogP contribution in [0.1, 0.15) is 0 Å². The van der Waals surface area contributed by atoms with Crippen molar-refractivity contribution in [2.45, 2.75) is 46.6 Å². The zero-order valence-corrected chi connectivity index (χ0v) is 14.3. The summed E-state index contributed by atoms with van der Waals surface area (Å²) in [4.78, 5) is 9.18. The van der Waals surface area contributed by atoms with E-state index in [-0.39, 0.29) is 0 Å². The molecule has 8 atom stereocenters. The van der Waals surface area contributed by atoms with E-state index in [1.807, 2.05) is 0 Å². The molecule has 17 heavy (non-hydrogen) atoms. The molecule has 0 radical (unpaired) electrons. The number of halogens is 4. The van der Waals surface area contributed by atoms with Crippen molar-refractivity contribution in [1.82, 2.24) is 0 Å². The summed E-state index contributed by atoms with van der Waals surface area (Å²) in [6.07, 6.45) is 0. The molecule has 0 aliphatic carbocycles. The minimum atomic E-state index is -3.37. The van der Waals surface area contributed by atoms with E-state index >= 15 is 0 Å². The van der Waals surface area contributed by atoms with E-state index in [1.165, 1.54) is 19.3 Å². The second-order valence-electron chi connectivity index (χ2n) is 10.2. The van der Waals surface area contributed by atoms with Gasteiger partial charge in [-0.3, -0.25) is 0 Å². The van der Waals surface area contributed by atoms with Gasteiger partial charge in [-0.1, -0.05) is 0 Å². The van der Waals surface area contributed by atoms with Crippen LogP contribution in [-0.4, -0.2) is 8.11 Å². The Labute approximate surface area is 110 Å². The molecule has 1 spiro atoms. The third kappa shape index (κ3) is 0.0877. The summed E-state index contributed by atoms with van der Waals surface area (Å²) < 4.78 is 1.16. The van der Waals surface area contributed by atoms with Crippen molar-refractivity contribution < 1.29 is 6.51 Å². The predicted molar refractivity (Wildman–Crippen MR) is 72.7 cm³/mol. The topological polar surface area (TPSA) is 0 Å². The Kier molecular flexibility index (Phi) is 0.345. The van der Waals surface area contributed by atoms with Gasteiger partial charge in [0.25, 0.3) is 0 Å². The summed E-state index contributed by atoms with van der Waals surface area (Å²) in [6.45, 7) is -4.84. The van der Waals surface area contributed by atoms with Crippen molar-refractivity contribution in [2.75, 3.05) is 0 Å². The van der Waals surface area contributed by atoms with E-state index in [2.05, 4.69) is 0 Å². The van der Waals surface area contributed by atoms with Crippen LogP contribution in [0, 0.1) is 0 Å². The van der Waals surface area contributed by atoms with Gasteiger partial charge in [-0.15, -0.1) is 0 Å². The van der Waals surface area contributed by atoms with Gasteiger partial charge in [0.1, 0.15) is 0 Å². The molecule has 10 saturated heterocycles. The first kappa shape index (κ1) is 8.25. The molecule has 0 aromatic heterocycles. The van der Waals surface area contributed by atoms with Gasteiger partial charge in [-0.25, -0.2) is 0 Å². The molecule has 8 unspecified atom stereocenters. The Morgan fingerprint density at radius 2 is 0.941 bits per heavy atom. The molecule has 0 amide bonds. The average Bonchev–Trinajstić information content (AvgIpc) is 3.22. The van der Waals surface area contributed by atoms with Crippen molar-refractivity contribution in [2.24, 2.45) is 0 Å². The monoisotopic (exact) mass is 386 g/mol. The molecule has 0 bridgehead atoms. The molecular formula is C10H8Cl4FeP2. The third-order valence-electron chi connectivity index (χ3n) is 15.2. The zero-order valence-electron chi connectivity index (χ0n) is 8.38. The van der Waals surface area contributed by atoms with Crippen LogP contribution in [-0.2, 0) is 6.51 Å². The van der Waals surface area contributed by atoms with Gasteiger partial charge < -0.3 is 0 Å². The SMILES string of the molecule is ClP(Cl)[C]12[CH]3[CH]4[CH]5[CH]1[Fe]45321678[CH]2[CH]1[CH]6[C]7(P(Cl)Cl)[CH]28. The molecule has 10 aliphatic heterocycles. The van der Waals surface area contributed by atoms with Crippen LogP contribution >= 0.6 is 58.2 Å². The molecule has 10 rings (SSSR count). The maximum absolute atomic E-state index is 6.64. The predicted octanol–water partition coefficient (Wildman–Crippen LogP) is 6.77. The van der Waals surface area contributed by atoms with Crippen LogP contribution in [0.4, 0.5) is 0 Å². The van der Waals surface area contributed by atoms with Gasteiger partial charge >= 0.3 is 111 Å². The standard InChI is InChI=1S/2C5H4Cl2P.Fe/c2*6-8(7)5-3-1-2-4-5;/h2*1-4H;. The summed E-state index contributed by atoms with van der Waals surface area (Å²) in [5.74, 6) is 0. The van der Waals surface area contributed by atoms with Crippen LogP contribution in [0.25, 0.3) is 0 Å². The van der Waals surface area contributed by atoms with Crippen LogP contribution < -0.4 is 0 Å². The van der Waals surface area contributed by atoms with Gasteiger partial charge in [-0.2, -0.15) is 0 Å². The Balaban J connectivity index is 1.72. The van der Waals surface area contributed by atoms with E-state index in [1.54, 1.807) is 0 Å². The van der Waals surface area contributed by atoms with Gasteiger partial charge in [0.05, 0.1) is 0 Å². The Bertz CT molecular complexity index is 926. The third-order valence-corrected chi connectivity index (χ3v) is 73.2. The van der Waals surface area contributed by atoms with Gasteiger partial charge in [0, 0.05) is 0 Å². The second-order valence-corrected chi connectivity index (χ2v) is 41.7. The first-order chi connectivity index (χ1) is 7.82. The normalized spacial score (nSPS) is 124. The van der Waals surface area contributed by atoms with E-state index < -0.39 is 19.8 Å². The molecule has 7 heteroatoms. The maximum atomic E-state index is 6.64. The molecule has 0 nitrogen and oxygen atoms in total. The summed E-state index contributed by atoms with van der Waals surface area (Å²) in [5.41, 5.74) is 0. The fraction of sp³-hybridized carbons (Fsp3) is 1.00. The van der Waals surface area contributed by atoms with Crippen LogP contribution in [0.15, 0.2) is 0 Å². The quantitative estimate of drug-likeness (QED) is 0.362. The van der Waals surface area contributed by atoms with Crippen molar-refractivity contribution in [1.29, 1.82) is 0 Å². The summed E-state index contributed by atoms with van der Waals surface area (Å²) in [6, 6.07) is 0. The second kappa shape index (κ2) is 0.711. The van der Waals surface area contributed by atoms with E-state index in [4.69, 9.17) is 45.0 Å². The number of hydrogen-bond donors (Lipinski definition) is 0.